The number of nitrogens with one attached hydrogen (secondary N) is 4. The van der Waals surface area contributed by atoms with E-state index in [1.807, 2.05) is 75.5 Å². The van der Waals surface area contributed by atoms with E-state index in [-0.39, 0.29) is 11.8 Å². The molecule has 1 aromatic heterocycles. The first-order valence-electron chi connectivity index (χ1n) is 10.3. The molecular formula is C25H26N4O2. The van der Waals surface area contributed by atoms with E-state index in [9.17, 15) is 9.59 Å². The highest BCUT2D eigenvalue weighted by molar-refractivity contribution is 6.35. The third kappa shape index (κ3) is 4.02. The average Bonchev–Trinajstić information content (AvgIpc) is 3.23. The fraction of sp³-hybridized carbons (Fsp3) is 0.200. The molecule has 0 spiro atoms. The Morgan fingerprint density at radius 3 is 2.55 bits per heavy atom. The standard InChI is InChI=1S/C25H26N4O2/c1-15-21(28-16(2)23(15)25(31)27-12-11-26-3)14-20-19-10-9-18(13-22(19)29-24(20)30)17-7-5-4-6-8-17/h4-10,13-14,26,28H,11-12H2,1-3H3,(H,27,31)(H,29,30). The number of fused-ring (bicyclic) bond motifs is 1. The van der Waals surface area contributed by atoms with Crippen LogP contribution in [0, 0.1) is 13.8 Å². The van der Waals surface area contributed by atoms with Crippen LogP contribution in [0.5, 0.6) is 0 Å². The first-order chi connectivity index (χ1) is 15.0. The Kier molecular flexibility index (Phi) is 5.73. The first-order valence-corrected chi connectivity index (χ1v) is 10.3. The van der Waals surface area contributed by atoms with Crippen LogP contribution in [0.1, 0.15) is 32.9 Å². The van der Waals surface area contributed by atoms with Crippen molar-refractivity contribution in [2.75, 3.05) is 25.5 Å². The van der Waals surface area contributed by atoms with Gasteiger partial charge in [0.05, 0.1) is 11.1 Å². The van der Waals surface area contributed by atoms with Gasteiger partial charge in [0.1, 0.15) is 0 Å². The minimum atomic E-state index is -0.146. The van der Waals surface area contributed by atoms with Gasteiger partial charge in [0.15, 0.2) is 0 Å². The van der Waals surface area contributed by atoms with Crippen molar-refractivity contribution in [1.82, 2.24) is 15.6 Å². The molecule has 3 aromatic rings. The van der Waals surface area contributed by atoms with E-state index >= 15 is 0 Å². The van der Waals surface area contributed by atoms with Gasteiger partial charge >= 0.3 is 0 Å². The van der Waals surface area contributed by atoms with Crippen molar-refractivity contribution in [3.63, 3.8) is 0 Å². The lowest BCUT2D eigenvalue weighted by atomic mass is 9.99. The maximum atomic E-state index is 12.7. The van der Waals surface area contributed by atoms with Crippen molar-refractivity contribution in [3.05, 3.63) is 76.6 Å². The van der Waals surface area contributed by atoms with Gasteiger partial charge in [-0.25, -0.2) is 0 Å². The zero-order chi connectivity index (χ0) is 22.0. The average molecular weight is 415 g/mol. The van der Waals surface area contributed by atoms with E-state index in [1.165, 1.54) is 0 Å². The van der Waals surface area contributed by atoms with Crippen molar-refractivity contribution in [1.29, 1.82) is 0 Å². The van der Waals surface area contributed by atoms with E-state index in [2.05, 4.69) is 20.9 Å². The third-order valence-corrected chi connectivity index (χ3v) is 5.56. The summed E-state index contributed by atoms with van der Waals surface area (Å²) in [6, 6.07) is 16.1. The summed E-state index contributed by atoms with van der Waals surface area (Å²) in [5, 5.41) is 8.89. The highest BCUT2D eigenvalue weighted by Gasteiger charge is 2.26. The SMILES string of the molecule is CNCCNC(=O)c1c(C)[nH]c(C=C2C(=O)Nc3cc(-c4ccccc4)ccc32)c1C. The summed E-state index contributed by atoms with van der Waals surface area (Å²) in [5.41, 5.74) is 7.39. The molecule has 158 valence electrons. The number of rotatable bonds is 6. The number of hydrogen-bond acceptors (Lipinski definition) is 3. The molecule has 0 fully saturated rings. The predicted molar refractivity (Wildman–Crippen MR) is 125 cm³/mol. The van der Waals surface area contributed by atoms with Crippen LogP contribution in [0.25, 0.3) is 22.8 Å². The number of carbonyl (C=O) groups excluding carboxylic acids is 2. The second-order valence-corrected chi connectivity index (χ2v) is 7.66. The number of aromatic nitrogens is 1. The number of aryl methyl sites for hydroxylation is 1. The summed E-state index contributed by atoms with van der Waals surface area (Å²) >= 11 is 0. The van der Waals surface area contributed by atoms with Gasteiger partial charge in [0.2, 0.25) is 0 Å². The minimum Gasteiger partial charge on any atom is -0.358 e. The minimum absolute atomic E-state index is 0.116. The van der Waals surface area contributed by atoms with Gasteiger partial charge in [-0.1, -0.05) is 42.5 Å². The molecule has 6 nitrogen and oxygen atoms in total. The van der Waals surface area contributed by atoms with Crippen LogP contribution in [0.15, 0.2) is 48.5 Å². The molecule has 0 atom stereocenters. The second-order valence-electron chi connectivity index (χ2n) is 7.66. The zero-order valence-corrected chi connectivity index (χ0v) is 17.9. The number of amides is 2. The molecule has 1 aliphatic rings. The lowest BCUT2D eigenvalue weighted by molar-refractivity contribution is -0.110. The van der Waals surface area contributed by atoms with Gasteiger partial charge in [0.25, 0.3) is 11.8 Å². The molecule has 2 heterocycles. The number of likely N-dealkylation sites (N-methyl/N-ethyl adjacent to an activating group) is 1. The summed E-state index contributed by atoms with van der Waals surface area (Å²) in [6.07, 6.45) is 1.83. The number of anilines is 1. The van der Waals surface area contributed by atoms with Crippen LogP contribution in [0.3, 0.4) is 0 Å². The van der Waals surface area contributed by atoms with Crippen molar-refractivity contribution in [2.45, 2.75) is 13.8 Å². The van der Waals surface area contributed by atoms with E-state index in [1.54, 1.807) is 0 Å². The molecule has 2 amide bonds. The van der Waals surface area contributed by atoms with Crippen molar-refractivity contribution >= 4 is 29.2 Å². The molecule has 0 unspecified atom stereocenters. The fourth-order valence-electron chi connectivity index (χ4n) is 3.94. The van der Waals surface area contributed by atoms with Crippen LogP contribution in [-0.2, 0) is 4.79 Å². The molecule has 6 heteroatoms. The van der Waals surface area contributed by atoms with Crippen molar-refractivity contribution in [2.24, 2.45) is 0 Å². The Hall–Kier alpha value is -3.64. The lowest BCUT2D eigenvalue weighted by Gasteiger charge is -2.05. The van der Waals surface area contributed by atoms with Crippen LogP contribution < -0.4 is 16.0 Å². The van der Waals surface area contributed by atoms with Crippen LogP contribution in [-0.4, -0.2) is 36.9 Å². The van der Waals surface area contributed by atoms with Gasteiger partial charge in [-0.15, -0.1) is 0 Å². The molecule has 1 aliphatic heterocycles. The number of aromatic amines is 1. The molecule has 0 bridgehead atoms. The highest BCUT2D eigenvalue weighted by atomic mass is 16.2. The van der Waals surface area contributed by atoms with Gasteiger partial charge in [0, 0.05) is 35.7 Å². The van der Waals surface area contributed by atoms with E-state index in [0.717, 1.165) is 39.3 Å². The molecule has 0 radical (unpaired) electrons. The number of carbonyl (C=O) groups is 2. The van der Waals surface area contributed by atoms with E-state index in [4.69, 9.17) is 0 Å². The third-order valence-electron chi connectivity index (χ3n) is 5.56. The van der Waals surface area contributed by atoms with Gasteiger partial charge in [-0.2, -0.15) is 0 Å². The number of H-pyrrole nitrogens is 1. The van der Waals surface area contributed by atoms with E-state index < -0.39 is 0 Å². The highest BCUT2D eigenvalue weighted by Crippen LogP contribution is 2.36. The van der Waals surface area contributed by atoms with Crippen molar-refractivity contribution < 1.29 is 9.59 Å². The quantitative estimate of drug-likeness (QED) is 0.366. The maximum absolute atomic E-state index is 12.7. The largest absolute Gasteiger partial charge is 0.358 e. The predicted octanol–water partition coefficient (Wildman–Crippen LogP) is 3.74. The topological polar surface area (TPSA) is 86.0 Å². The first kappa shape index (κ1) is 20.6. The molecule has 4 rings (SSSR count). The Labute approximate surface area is 181 Å². The van der Waals surface area contributed by atoms with Gasteiger partial charge < -0.3 is 20.9 Å². The fourth-order valence-corrected chi connectivity index (χ4v) is 3.94. The van der Waals surface area contributed by atoms with Crippen LogP contribution >= 0.6 is 0 Å². The normalized spacial score (nSPS) is 13.9. The number of benzene rings is 2. The monoisotopic (exact) mass is 414 g/mol. The number of hydrogen-bond donors (Lipinski definition) is 4. The zero-order valence-electron chi connectivity index (χ0n) is 17.9. The summed E-state index contributed by atoms with van der Waals surface area (Å²) in [6.45, 7) is 5.02. The van der Waals surface area contributed by atoms with Crippen LogP contribution in [0.2, 0.25) is 0 Å². The second kappa shape index (κ2) is 8.62. The maximum Gasteiger partial charge on any atom is 0.256 e. The Morgan fingerprint density at radius 2 is 1.81 bits per heavy atom. The molecule has 0 saturated carbocycles. The Bertz CT molecular complexity index is 1180. The molecule has 2 aromatic carbocycles. The lowest BCUT2D eigenvalue weighted by Crippen LogP contribution is -2.30. The molecule has 0 saturated heterocycles. The van der Waals surface area contributed by atoms with Gasteiger partial charge in [-0.05, 0) is 49.7 Å². The van der Waals surface area contributed by atoms with E-state index in [0.29, 0.717) is 24.2 Å². The summed E-state index contributed by atoms with van der Waals surface area (Å²) in [4.78, 5) is 28.6. The molecule has 31 heavy (non-hydrogen) atoms. The Balaban J connectivity index is 1.66. The summed E-state index contributed by atoms with van der Waals surface area (Å²) < 4.78 is 0. The molecule has 0 aliphatic carbocycles. The van der Waals surface area contributed by atoms with Crippen LogP contribution in [0.4, 0.5) is 5.69 Å². The summed E-state index contributed by atoms with van der Waals surface area (Å²) in [7, 11) is 1.84. The molecular weight excluding hydrogens is 388 g/mol. The Morgan fingerprint density at radius 1 is 1.03 bits per heavy atom. The smallest absolute Gasteiger partial charge is 0.256 e. The summed E-state index contributed by atoms with van der Waals surface area (Å²) in [5.74, 6) is -0.262. The van der Waals surface area contributed by atoms with Gasteiger partial charge in [-0.3, -0.25) is 9.59 Å². The van der Waals surface area contributed by atoms with Crippen molar-refractivity contribution in [3.8, 4) is 11.1 Å². The molecule has 4 N–H and O–H groups in total.